The van der Waals surface area contributed by atoms with Crippen molar-refractivity contribution < 1.29 is 70.9 Å². The predicted molar refractivity (Wildman–Crippen MR) is 27.2 cm³/mol. The Morgan fingerprint density at radius 1 is 1.67 bits per heavy atom. The minimum atomic E-state index is -0.833. The molecule has 5 heteroatoms. The van der Waals surface area contributed by atoms with Crippen LogP contribution in [0.25, 0.3) is 0 Å². The first kappa shape index (κ1) is 22.5. The standard InChI is InChI=1S/C2H4O2.C2H6O.La.Li.H/c1-2(3)4;1-2-3;;;/h1H3,(H,3,4);3H,2H2,1H3;;;/q;;;+1;-1. The zero-order valence-electron chi connectivity index (χ0n) is 7.09. The van der Waals surface area contributed by atoms with E-state index in [1.807, 2.05) is 0 Å². The van der Waals surface area contributed by atoms with Gasteiger partial charge in [-0.2, -0.15) is 0 Å². The van der Waals surface area contributed by atoms with Crippen LogP contribution in [0.5, 0.6) is 0 Å². The summed E-state index contributed by atoms with van der Waals surface area (Å²) in [6.45, 7) is 3.01. The molecule has 0 amide bonds. The van der Waals surface area contributed by atoms with Crippen LogP contribution in [-0.2, 0) is 4.79 Å². The summed E-state index contributed by atoms with van der Waals surface area (Å²) in [5.74, 6) is -0.833. The topological polar surface area (TPSA) is 57.5 Å². The van der Waals surface area contributed by atoms with Crippen LogP contribution in [-0.4, -0.2) is 22.8 Å². The zero-order valence-corrected chi connectivity index (χ0v) is 9.71. The van der Waals surface area contributed by atoms with Crippen LogP contribution >= 0.6 is 0 Å². The number of aliphatic hydroxyl groups is 1. The largest absolute Gasteiger partial charge is 1.00 e. The van der Waals surface area contributed by atoms with E-state index in [0.717, 1.165) is 6.92 Å². The molecule has 0 spiro atoms. The number of carbonyl (C=O) groups is 1. The molecule has 2 N–H and O–H groups in total. The number of rotatable bonds is 0. The molecule has 49 valence electrons. The number of aliphatic carboxylic acids is 1. The van der Waals surface area contributed by atoms with Crippen LogP contribution in [0.15, 0.2) is 0 Å². The monoisotopic (exact) mass is 253 g/mol. The van der Waals surface area contributed by atoms with Gasteiger partial charge in [-0.3, -0.25) is 4.79 Å². The average molecular weight is 253 g/mol. The van der Waals surface area contributed by atoms with Gasteiger partial charge in [0.2, 0.25) is 0 Å². The van der Waals surface area contributed by atoms with Gasteiger partial charge in [0.25, 0.3) is 5.97 Å². The Balaban J connectivity index is -0.0000000131. The molecule has 0 saturated carbocycles. The van der Waals surface area contributed by atoms with E-state index in [1.165, 1.54) is 0 Å². The second-order valence-corrected chi connectivity index (χ2v) is 0.835. The van der Waals surface area contributed by atoms with Crippen LogP contribution < -0.4 is 18.9 Å². The predicted octanol–water partition coefficient (Wildman–Crippen LogP) is -2.79. The molecule has 0 rings (SSSR count). The molecule has 0 fully saturated rings. The normalized spacial score (nSPS) is 4.78. The van der Waals surface area contributed by atoms with Gasteiger partial charge in [-0.25, -0.2) is 0 Å². The van der Waals surface area contributed by atoms with E-state index in [4.69, 9.17) is 15.0 Å². The van der Waals surface area contributed by atoms with E-state index < -0.39 is 5.97 Å². The van der Waals surface area contributed by atoms with E-state index in [-0.39, 0.29) is 62.5 Å². The maximum Gasteiger partial charge on any atom is 1.00 e. The molecule has 0 aromatic rings. The summed E-state index contributed by atoms with van der Waals surface area (Å²) in [6.07, 6.45) is 0. The van der Waals surface area contributed by atoms with Crippen molar-refractivity contribution in [2.75, 3.05) is 6.61 Å². The van der Waals surface area contributed by atoms with Gasteiger partial charge in [0.15, 0.2) is 0 Å². The summed E-state index contributed by atoms with van der Waals surface area (Å²) in [6, 6.07) is 0. The fourth-order valence-corrected chi connectivity index (χ4v) is 0. The Kier molecular flexibility index (Phi) is 57.0. The quantitative estimate of drug-likeness (QED) is 0.459. The van der Waals surface area contributed by atoms with Crippen molar-refractivity contribution in [2.24, 2.45) is 0 Å². The molecule has 0 heterocycles. The summed E-state index contributed by atoms with van der Waals surface area (Å²) in [7, 11) is 0. The van der Waals surface area contributed by atoms with Gasteiger partial charge in [0.1, 0.15) is 0 Å². The average Bonchev–Trinajstić information content (AvgIpc) is 1.33. The van der Waals surface area contributed by atoms with Crippen LogP contribution in [0.1, 0.15) is 15.3 Å². The number of aliphatic hydroxyl groups excluding tert-OH is 1. The third kappa shape index (κ3) is 322. The third-order valence-electron chi connectivity index (χ3n) is 0. The number of hydrogen-bond donors (Lipinski definition) is 2. The minimum Gasteiger partial charge on any atom is -1.00 e. The summed E-state index contributed by atoms with van der Waals surface area (Å²) >= 11 is 0. The number of hydrogen-bond acceptors (Lipinski definition) is 2. The van der Waals surface area contributed by atoms with Crippen molar-refractivity contribution in [1.29, 1.82) is 0 Å². The molecular weight excluding hydrogens is 242 g/mol. The maximum absolute atomic E-state index is 9.00. The summed E-state index contributed by atoms with van der Waals surface area (Å²) in [5.41, 5.74) is 0. The summed E-state index contributed by atoms with van der Waals surface area (Å²) in [5, 5.41) is 15.0. The molecule has 3 nitrogen and oxygen atoms in total. The van der Waals surface area contributed by atoms with E-state index >= 15 is 0 Å². The zero-order chi connectivity index (χ0) is 6.28. The molecule has 0 aliphatic carbocycles. The van der Waals surface area contributed by atoms with Gasteiger partial charge < -0.3 is 11.6 Å². The van der Waals surface area contributed by atoms with Crippen molar-refractivity contribution >= 4 is 5.97 Å². The minimum absolute atomic E-state index is 0. The molecule has 0 atom stereocenters. The van der Waals surface area contributed by atoms with Crippen molar-refractivity contribution in [3.63, 3.8) is 0 Å². The Morgan fingerprint density at radius 3 is 1.67 bits per heavy atom. The molecule has 0 saturated heterocycles. The summed E-state index contributed by atoms with van der Waals surface area (Å²) in [4.78, 5) is 9.00. The molecule has 0 aromatic heterocycles. The van der Waals surface area contributed by atoms with Crippen molar-refractivity contribution in [3.05, 3.63) is 0 Å². The Bertz CT molecular complexity index is 51.8. The van der Waals surface area contributed by atoms with Crippen molar-refractivity contribution in [3.8, 4) is 0 Å². The van der Waals surface area contributed by atoms with E-state index in [0.29, 0.717) is 0 Å². The SMILES string of the molecule is CC(=O)O.CCO.[H-].[La].[Li+]. The smallest absolute Gasteiger partial charge is 1.00 e. The first-order valence-corrected chi connectivity index (χ1v) is 1.95. The van der Waals surface area contributed by atoms with E-state index in [2.05, 4.69) is 0 Å². The van der Waals surface area contributed by atoms with Gasteiger partial charge in [-0.1, -0.05) is 0 Å². The van der Waals surface area contributed by atoms with Gasteiger partial charge in [-0.05, 0) is 6.92 Å². The molecule has 0 aliphatic heterocycles. The number of carboxylic acids is 1. The Morgan fingerprint density at radius 2 is 1.67 bits per heavy atom. The van der Waals surface area contributed by atoms with Gasteiger partial charge in [0.05, 0.1) is 0 Å². The van der Waals surface area contributed by atoms with Gasteiger partial charge >= 0.3 is 18.9 Å². The fourth-order valence-electron chi connectivity index (χ4n) is 0. The molecule has 0 bridgehead atoms. The first-order chi connectivity index (χ1) is 3.15. The van der Waals surface area contributed by atoms with Crippen LogP contribution in [0.2, 0.25) is 0 Å². The molecular formula is C4H11LaLiO3. The molecule has 9 heavy (non-hydrogen) atoms. The van der Waals surface area contributed by atoms with Crippen molar-refractivity contribution in [1.82, 2.24) is 0 Å². The Hall–Kier alpha value is 1.22. The van der Waals surface area contributed by atoms with Crippen LogP contribution in [0, 0.1) is 35.6 Å². The van der Waals surface area contributed by atoms with Crippen LogP contribution in [0.3, 0.4) is 0 Å². The van der Waals surface area contributed by atoms with E-state index in [9.17, 15) is 0 Å². The second kappa shape index (κ2) is 22.9. The van der Waals surface area contributed by atoms with Gasteiger partial charge in [-0.15, -0.1) is 0 Å². The van der Waals surface area contributed by atoms with Gasteiger partial charge in [0, 0.05) is 49.1 Å². The molecule has 0 aliphatic rings. The molecule has 0 unspecified atom stereocenters. The third-order valence-corrected chi connectivity index (χ3v) is 0. The Labute approximate surface area is 96.5 Å². The summed E-state index contributed by atoms with van der Waals surface area (Å²) < 4.78 is 0. The second-order valence-electron chi connectivity index (χ2n) is 0.835. The molecule has 0 aromatic carbocycles. The van der Waals surface area contributed by atoms with Crippen LogP contribution in [0.4, 0.5) is 0 Å². The first-order valence-electron chi connectivity index (χ1n) is 1.95. The number of carboxylic acid groups (broad SMARTS) is 1. The fraction of sp³-hybridized carbons (Fsp3) is 0.750. The molecule has 1 radical (unpaired) electrons. The van der Waals surface area contributed by atoms with Crippen molar-refractivity contribution in [2.45, 2.75) is 13.8 Å². The van der Waals surface area contributed by atoms with E-state index in [1.54, 1.807) is 6.92 Å². The maximum atomic E-state index is 9.00.